The highest BCUT2D eigenvalue weighted by Crippen LogP contribution is 2.18. The van der Waals surface area contributed by atoms with Crippen molar-refractivity contribution < 1.29 is 4.39 Å². The van der Waals surface area contributed by atoms with Crippen LogP contribution >= 0.6 is 35.7 Å². The first-order valence-electron chi connectivity index (χ1n) is 7.99. The van der Waals surface area contributed by atoms with Crippen molar-refractivity contribution in [1.29, 1.82) is 0 Å². The van der Waals surface area contributed by atoms with Gasteiger partial charge in [0, 0.05) is 31.2 Å². The van der Waals surface area contributed by atoms with Gasteiger partial charge in [-0.2, -0.15) is 5.10 Å². The van der Waals surface area contributed by atoms with Crippen LogP contribution in [-0.2, 0) is 6.54 Å². The highest BCUT2D eigenvalue weighted by molar-refractivity contribution is 14.0. The molecule has 0 saturated heterocycles. The van der Waals surface area contributed by atoms with Crippen LogP contribution in [0.2, 0.25) is 0 Å². The Morgan fingerprint density at radius 3 is 2.60 bits per heavy atom. The summed E-state index contributed by atoms with van der Waals surface area (Å²) < 4.78 is 14.7. The zero-order valence-electron chi connectivity index (χ0n) is 14.5. The van der Waals surface area contributed by atoms with Crippen molar-refractivity contribution in [3.05, 3.63) is 48.0 Å². The number of aliphatic imine (C=N–C) groups is 1. The molecule has 0 amide bonds. The second-order valence-corrected chi connectivity index (χ2v) is 6.53. The van der Waals surface area contributed by atoms with Crippen LogP contribution in [0.5, 0.6) is 0 Å². The fourth-order valence-corrected chi connectivity index (χ4v) is 2.95. The van der Waals surface area contributed by atoms with E-state index in [1.807, 2.05) is 36.1 Å². The lowest BCUT2D eigenvalue weighted by atomic mass is 10.4. The van der Waals surface area contributed by atoms with E-state index in [1.165, 1.54) is 12.1 Å². The average molecular weight is 477 g/mol. The Morgan fingerprint density at radius 2 is 1.96 bits per heavy atom. The van der Waals surface area contributed by atoms with E-state index in [9.17, 15) is 4.39 Å². The van der Waals surface area contributed by atoms with E-state index in [4.69, 9.17) is 0 Å². The first-order valence-corrected chi connectivity index (χ1v) is 8.98. The molecule has 0 aliphatic carbocycles. The molecule has 25 heavy (non-hydrogen) atoms. The number of benzene rings is 1. The molecule has 0 saturated carbocycles. The molecule has 8 heteroatoms. The highest BCUT2D eigenvalue weighted by Gasteiger charge is 1.99. The van der Waals surface area contributed by atoms with Gasteiger partial charge >= 0.3 is 0 Å². The largest absolute Gasteiger partial charge is 0.356 e. The molecular formula is C17H25FIN5S. The third-order valence-corrected chi connectivity index (χ3v) is 4.41. The van der Waals surface area contributed by atoms with Gasteiger partial charge in [0.15, 0.2) is 5.96 Å². The summed E-state index contributed by atoms with van der Waals surface area (Å²) in [6.45, 7) is 4.44. The minimum absolute atomic E-state index is 0. The Morgan fingerprint density at radius 1 is 1.24 bits per heavy atom. The van der Waals surface area contributed by atoms with Crippen LogP contribution in [0.25, 0.3) is 0 Å². The van der Waals surface area contributed by atoms with Crippen LogP contribution in [-0.4, -0.2) is 41.6 Å². The average Bonchev–Trinajstić information content (AvgIpc) is 3.00. The smallest absolute Gasteiger partial charge is 0.191 e. The van der Waals surface area contributed by atoms with Crippen LogP contribution < -0.4 is 10.6 Å². The van der Waals surface area contributed by atoms with Crippen LogP contribution in [0, 0.1) is 12.7 Å². The standard InChI is InChI=1S/C17H24FN5S.HI/c1-14-12-22-23(13-14)10-9-21-17(19-2)20-8-3-11-24-16-6-4-15(18)5-7-16;/h4-7,12-13H,3,8-11H2,1-2H3,(H2,19,20,21);1H. The third kappa shape index (κ3) is 8.57. The minimum Gasteiger partial charge on any atom is -0.356 e. The lowest BCUT2D eigenvalue weighted by molar-refractivity contribution is 0.597. The first kappa shape index (κ1) is 21.8. The maximum Gasteiger partial charge on any atom is 0.191 e. The molecule has 0 atom stereocenters. The minimum atomic E-state index is -0.193. The molecule has 0 fully saturated rings. The Balaban J connectivity index is 0.00000312. The molecular weight excluding hydrogens is 452 g/mol. The van der Waals surface area contributed by atoms with Gasteiger partial charge in [-0.25, -0.2) is 4.39 Å². The van der Waals surface area contributed by atoms with Crippen molar-refractivity contribution in [3.63, 3.8) is 0 Å². The maximum atomic E-state index is 12.8. The summed E-state index contributed by atoms with van der Waals surface area (Å²) in [5.74, 6) is 1.58. The summed E-state index contributed by atoms with van der Waals surface area (Å²) in [4.78, 5) is 5.30. The van der Waals surface area contributed by atoms with E-state index in [1.54, 1.807) is 18.8 Å². The lowest BCUT2D eigenvalue weighted by Crippen LogP contribution is -2.39. The Hall–Kier alpha value is -1.29. The SMILES string of the molecule is CN=C(NCCCSc1ccc(F)cc1)NCCn1cc(C)cn1.I. The predicted molar refractivity (Wildman–Crippen MR) is 113 cm³/mol. The molecule has 1 aromatic carbocycles. The zero-order chi connectivity index (χ0) is 17.2. The van der Waals surface area contributed by atoms with E-state index in [2.05, 4.69) is 20.7 Å². The number of hydrogen-bond donors (Lipinski definition) is 2. The van der Waals surface area contributed by atoms with E-state index < -0.39 is 0 Å². The quantitative estimate of drug-likeness (QED) is 0.202. The lowest BCUT2D eigenvalue weighted by Gasteiger charge is -2.11. The van der Waals surface area contributed by atoms with E-state index >= 15 is 0 Å². The fraction of sp³-hybridized carbons (Fsp3) is 0.412. The van der Waals surface area contributed by atoms with Gasteiger partial charge in [0.05, 0.1) is 12.7 Å². The Labute approximate surface area is 169 Å². The number of hydrogen-bond acceptors (Lipinski definition) is 3. The summed E-state index contributed by atoms with van der Waals surface area (Å²) in [5, 5.41) is 10.8. The molecule has 0 bridgehead atoms. The van der Waals surface area contributed by atoms with Crippen molar-refractivity contribution in [2.75, 3.05) is 25.9 Å². The molecule has 5 nitrogen and oxygen atoms in total. The van der Waals surface area contributed by atoms with Gasteiger partial charge in [-0.1, -0.05) is 0 Å². The van der Waals surface area contributed by atoms with Gasteiger partial charge in [-0.3, -0.25) is 9.67 Å². The number of nitrogens with one attached hydrogen (secondary N) is 2. The fourth-order valence-electron chi connectivity index (χ4n) is 2.10. The van der Waals surface area contributed by atoms with E-state index in [-0.39, 0.29) is 29.8 Å². The van der Waals surface area contributed by atoms with Crippen LogP contribution in [0.15, 0.2) is 46.5 Å². The predicted octanol–water partition coefficient (Wildman–Crippen LogP) is 3.30. The van der Waals surface area contributed by atoms with Gasteiger partial charge in [-0.15, -0.1) is 35.7 Å². The molecule has 1 heterocycles. The summed E-state index contributed by atoms with van der Waals surface area (Å²) in [7, 11) is 1.76. The number of thioether (sulfide) groups is 1. The Kier molecular flexibility index (Phi) is 10.6. The second kappa shape index (κ2) is 12.1. The van der Waals surface area contributed by atoms with Gasteiger partial charge in [-0.05, 0) is 48.9 Å². The zero-order valence-corrected chi connectivity index (χ0v) is 17.7. The van der Waals surface area contributed by atoms with Crippen molar-refractivity contribution in [1.82, 2.24) is 20.4 Å². The van der Waals surface area contributed by atoms with Gasteiger partial charge in [0.25, 0.3) is 0 Å². The highest BCUT2D eigenvalue weighted by atomic mass is 127. The third-order valence-electron chi connectivity index (χ3n) is 3.32. The molecule has 0 aliphatic heterocycles. The monoisotopic (exact) mass is 477 g/mol. The number of halogens is 2. The molecule has 0 unspecified atom stereocenters. The van der Waals surface area contributed by atoms with E-state index in [0.29, 0.717) is 0 Å². The van der Waals surface area contributed by atoms with E-state index in [0.717, 1.165) is 48.2 Å². The summed E-state index contributed by atoms with van der Waals surface area (Å²) in [6, 6.07) is 6.61. The molecule has 0 aliphatic rings. The first-order chi connectivity index (χ1) is 11.7. The molecule has 0 spiro atoms. The molecule has 138 valence electrons. The molecule has 2 aromatic rings. The maximum absolute atomic E-state index is 12.8. The van der Waals surface area contributed by atoms with Gasteiger partial charge in [0.2, 0.25) is 0 Å². The van der Waals surface area contributed by atoms with Gasteiger partial charge < -0.3 is 10.6 Å². The molecule has 2 N–H and O–H groups in total. The van der Waals surface area contributed by atoms with Crippen molar-refractivity contribution >= 4 is 41.7 Å². The van der Waals surface area contributed by atoms with Crippen LogP contribution in [0.1, 0.15) is 12.0 Å². The van der Waals surface area contributed by atoms with Crippen molar-refractivity contribution in [2.45, 2.75) is 24.8 Å². The summed E-state index contributed by atoms with van der Waals surface area (Å²) >= 11 is 1.73. The van der Waals surface area contributed by atoms with Crippen molar-refractivity contribution in [2.24, 2.45) is 4.99 Å². The summed E-state index contributed by atoms with van der Waals surface area (Å²) in [5.41, 5.74) is 1.16. The number of aromatic nitrogens is 2. The van der Waals surface area contributed by atoms with Crippen molar-refractivity contribution in [3.8, 4) is 0 Å². The van der Waals surface area contributed by atoms with Crippen LogP contribution in [0.4, 0.5) is 4.39 Å². The Bertz CT molecular complexity index is 645. The van der Waals surface area contributed by atoms with Crippen LogP contribution in [0.3, 0.4) is 0 Å². The number of nitrogens with zero attached hydrogens (tertiary/aromatic N) is 3. The normalized spacial score (nSPS) is 11.1. The molecule has 2 rings (SSSR count). The number of aryl methyl sites for hydroxylation is 1. The second-order valence-electron chi connectivity index (χ2n) is 5.36. The number of rotatable bonds is 8. The van der Waals surface area contributed by atoms with Gasteiger partial charge in [0.1, 0.15) is 5.82 Å². The summed E-state index contributed by atoms with van der Waals surface area (Å²) in [6.07, 6.45) is 4.87. The molecule has 1 aromatic heterocycles. The number of guanidine groups is 1. The topological polar surface area (TPSA) is 54.2 Å². The molecule has 0 radical (unpaired) electrons.